The van der Waals surface area contributed by atoms with E-state index in [0.29, 0.717) is 18.2 Å². The number of fused-ring (bicyclic) bond motifs is 1. The molecule has 86 valence electrons. The zero-order valence-electron chi connectivity index (χ0n) is 9.35. The van der Waals surface area contributed by atoms with Crippen LogP contribution >= 0.6 is 0 Å². The summed E-state index contributed by atoms with van der Waals surface area (Å²) < 4.78 is 5.04. The lowest BCUT2D eigenvalue weighted by atomic mass is 9.77. The summed E-state index contributed by atoms with van der Waals surface area (Å²) in [6.45, 7) is 0.677. The molecule has 1 aliphatic carbocycles. The highest BCUT2D eigenvalue weighted by Crippen LogP contribution is 2.33. The van der Waals surface area contributed by atoms with Crippen LogP contribution in [0.25, 0.3) is 0 Å². The topological polar surface area (TPSA) is 42.2 Å². The SMILES string of the molecule is O=C(NCC1Cc2ccccc21)c1ccco1. The zero-order chi connectivity index (χ0) is 11.7. The molecule has 1 aliphatic rings. The van der Waals surface area contributed by atoms with Crippen LogP contribution < -0.4 is 5.32 Å². The Balaban J connectivity index is 1.59. The minimum Gasteiger partial charge on any atom is -0.459 e. The van der Waals surface area contributed by atoms with Crippen molar-refractivity contribution in [1.82, 2.24) is 5.32 Å². The first-order valence-corrected chi connectivity index (χ1v) is 5.74. The Kier molecular flexibility index (Phi) is 2.44. The molecule has 1 heterocycles. The van der Waals surface area contributed by atoms with Crippen molar-refractivity contribution in [2.24, 2.45) is 0 Å². The van der Waals surface area contributed by atoms with Gasteiger partial charge in [-0.05, 0) is 29.7 Å². The van der Waals surface area contributed by atoms with Crippen LogP contribution in [0.1, 0.15) is 27.6 Å². The van der Waals surface area contributed by atoms with Crippen molar-refractivity contribution in [2.75, 3.05) is 6.54 Å². The average Bonchev–Trinajstić information content (AvgIpc) is 2.83. The van der Waals surface area contributed by atoms with Gasteiger partial charge in [0.2, 0.25) is 0 Å². The highest BCUT2D eigenvalue weighted by Gasteiger charge is 2.25. The van der Waals surface area contributed by atoms with Crippen molar-refractivity contribution in [2.45, 2.75) is 12.3 Å². The number of amides is 1. The molecule has 3 heteroatoms. The summed E-state index contributed by atoms with van der Waals surface area (Å²) in [6, 6.07) is 11.7. The zero-order valence-corrected chi connectivity index (χ0v) is 9.35. The van der Waals surface area contributed by atoms with Crippen molar-refractivity contribution in [1.29, 1.82) is 0 Å². The fraction of sp³-hybridized carbons (Fsp3) is 0.214. The molecule has 0 bridgehead atoms. The molecule has 0 fully saturated rings. The number of rotatable bonds is 3. The van der Waals surface area contributed by atoms with E-state index in [9.17, 15) is 4.79 Å². The Morgan fingerprint density at radius 2 is 2.18 bits per heavy atom. The van der Waals surface area contributed by atoms with Gasteiger partial charge in [-0.25, -0.2) is 0 Å². The maximum Gasteiger partial charge on any atom is 0.286 e. The first-order chi connectivity index (χ1) is 8.34. The Morgan fingerprint density at radius 1 is 1.29 bits per heavy atom. The smallest absolute Gasteiger partial charge is 0.286 e. The molecule has 0 saturated carbocycles. The molecule has 1 aromatic heterocycles. The lowest BCUT2D eigenvalue weighted by Gasteiger charge is -2.30. The maximum atomic E-state index is 11.7. The lowest BCUT2D eigenvalue weighted by molar-refractivity contribution is 0.0922. The Labute approximate surface area is 99.4 Å². The molecule has 0 aliphatic heterocycles. The fourth-order valence-corrected chi connectivity index (χ4v) is 2.26. The normalized spacial score (nSPS) is 17.1. The number of hydrogen-bond acceptors (Lipinski definition) is 2. The lowest BCUT2D eigenvalue weighted by Crippen LogP contribution is -2.32. The molecule has 1 amide bonds. The summed E-state index contributed by atoms with van der Waals surface area (Å²) in [5.41, 5.74) is 2.75. The molecule has 1 aromatic carbocycles. The van der Waals surface area contributed by atoms with Crippen molar-refractivity contribution in [3.05, 3.63) is 59.5 Å². The summed E-state index contributed by atoms with van der Waals surface area (Å²) in [4.78, 5) is 11.7. The van der Waals surface area contributed by atoms with Gasteiger partial charge in [-0.2, -0.15) is 0 Å². The van der Waals surface area contributed by atoms with Gasteiger partial charge in [-0.1, -0.05) is 24.3 Å². The third-order valence-electron chi connectivity index (χ3n) is 3.22. The van der Waals surface area contributed by atoms with Crippen LogP contribution in [0.4, 0.5) is 0 Å². The number of furan rings is 1. The summed E-state index contributed by atoms with van der Waals surface area (Å²) >= 11 is 0. The van der Waals surface area contributed by atoms with Gasteiger partial charge in [-0.15, -0.1) is 0 Å². The van der Waals surface area contributed by atoms with E-state index in [1.54, 1.807) is 12.1 Å². The van der Waals surface area contributed by atoms with Crippen LogP contribution in [-0.4, -0.2) is 12.5 Å². The molecule has 0 radical (unpaired) electrons. The summed E-state index contributed by atoms with van der Waals surface area (Å²) in [5, 5.41) is 2.90. The minimum atomic E-state index is -0.139. The van der Waals surface area contributed by atoms with E-state index in [2.05, 4.69) is 23.5 Å². The monoisotopic (exact) mass is 227 g/mol. The second-order valence-electron chi connectivity index (χ2n) is 4.29. The van der Waals surface area contributed by atoms with E-state index in [1.165, 1.54) is 17.4 Å². The van der Waals surface area contributed by atoms with Gasteiger partial charge in [0.05, 0.1) is 6.26 Å². The molecule has 3 nitrogen and oxygen atoms in total. The summed E-state index contributed by atoms with van der Waals surface area (Å²) in [7, 11) is 0. The minimum absolute atomic E-state index is 0.139. The molecular formula is C14H13NO2. The number of nitrogens with one attached hydrogen (secondary N) is 1. The maximum absolute atomic E-state index is 11.7. The molecule has 17 heavy (non-hydrogen) atoms. The van der Waals surface area contributed by atoms with Crippen LogP contribution in [0.3, 0.4) is 0 Å². The Morgan fingerprint density at radius 3 is 2.94 bits per heavy atom. The Hall–Kier alpha value is -2.03. The predicted molar refractivity (Wildman–Crippen MR) is 63.9 cm³/mol. The number of carbonyl (C=O) groups excluding carboxylic acids is 1. The molecule has 1 unspecified atom stereocenters. The summed E-state index contributed by atoms with van der Waals surface area (Å²) in [6.07, 6.45) is 2.56. The van der Waals surface area contributed by atoms with Crippen molar-refractivity contribution in [3.8, 4) is 0 Å². The van der Waals surface area contributed by atoms with Crippen molar-refractivity contribution < 1.29 is 9.21 Å². The molecule has 1 N–H and O–H groups in total. The van der Waals surface area contributed by atoms with Crippen molar-refractivity contribution in [3.63, 3.8) is 0 Å². The third-order valence-corrected chi connectivity index (χ3v) is 3.22. The van der Waals surface area contributed by atoms with Gasteiger partial charge in [0.25, 0.3) is 5.91 Å². The quantitative estimate of drug-likeness (QED) is 0.874. The second kappa shape index (κ2) is 4.09. The van der Waals surface area contributed by atoms with Crippen molar-refractivity contribution >= 4 is 5.91 Å². The molecule has 2 aromatic rings. The van der Waals surface area contributed by atoms with Gasteiger partial charge >= 0.3 is 0 Å². The molecular weight excluding hydrogens is 214 g/mol. The van der Waals surface area contributed by atoms with Crippen LogP contribution in [0, 0.1) is 0 Å². The van der Waals surface area contributed by atoms with Gasteiger partial charge in [0.1, 0.15) is 0 Å². The van der Waals surface area contributed by atoms with E-state index in [-0.39, 0.29) is 5.91 Å². The Bertz CT molecular complexity index is 531. The van der Waals surface area contributed by atoms with E-state index < -0.39 is 0 Å². The standard InChI is InChI=1S/C14H13NO2/c16-14(13-6-3-7-17-13)15-9-11-8-10-4-1-2-5-12(10)11/h1-7,11H,8-9H2,(H,15,16). The third kappa shape index (κ3) is 1.84. The van der Waals surface area contributed by atoms with Gasteiger partial charge in [-0.3, -0.25) is 4.79 Å². The first-order valence-electron chi connectivity index (χ1n) is 5.74. The van der Waals surface area contributed by atoms with Crippen LogP contribution in [0.5, 0.6) is 0 Å². The molecule has 0 spiro atoms. The van der Waals surface area contributed by atoms with Gasteiger partial charge in [0, 0.05) is 12.5 Å². The molecule has 1 atom stereocenters. The largest absolute Gasteiger partial charge is 0.459 e. The van der Waals surface area contributed by atoms with Crippen LogP contribution in [0.15, 0.2) is 47.1 Å². The highest BCUT2D eigenvalue weighted by molar-refractivity contribution is 5.91. The molecule has 0 saturated heterocycles. The van der Waals surface area contributed by atoms with E-state index in [4.69, 9.17) is 4.42 Å². The van der Waals surface area contributed by atoms with Gasteiger partial charge in [0.15, 0.2) is 5.76 Å². The van der Waals surface area contributed by atoms with E-state index in [1.807, 2.05) is 6.07 Å². The van der Waals surface area contributed by atoms with Crippen LogP contribution in [-0.2, 0) is 6.42 Å². The van der Waals surface area contributed by atoms with Crippen LogP contribution in [0.2, 0.25) is 0 Å². The highest BCUT2D eigenvalue weighted by atomic mass is 16.3. The first kappa shape index (κ1) is 10.1. The predicted octanol–water partition coefficient (Wildman–Crippen LogP) is 2.35. The van der Waals surface area contributed by atoms with E-state index in [0.717, 1.165) is 6.42 Å². The van der Waals surface area contributed by atoms with E-state index >= 15 is 0 Å². The molecule has 3 rings (SSSR count). The number of carbonyl (C=O) groups is 1. The number of benzene rings is 1. The summed E-state index contributed by atoms with van der Waals surface area (Å²) in [5.74, 6) is 0.683. The average molecular weight is 227 g/mol. The second-order valence-corrected chi connectivity index (χ2v) is 4.29. The van der Waals surface area contributed by atoms with Gasteiger partial charge < -0.3 is 9.73 Å². The number of hydrogen-bond donors (Lipinski definition) is 1. The fourth-order valence-electron chi connectivity index (χ4n) is 2.26.